The number of aliphatic hydroxyl groups excluding tert-OH is 1. The molecule has 0 bridgehead atoms. The summed E-state index contributed by atoms with van der Waals surface area (Å²) < 4.78 is 18.4. The van der Waals surface area contributed by atoms with E-state index in [1.807, 2.05) is 13.8 Å². The van der Waals surface area contributed by atoms with Crippen molar-refractivity contribution in [2.24, 2.45) is 0 Å². The quantitative estimate of drug-likeness (QED) is 0.753. The first kappa shape index (κ1) is 11.5. The highest BCUT2D eigenvalue weighted by atomic mass is 19.1. The molecular weight excluding hydrogens is 195 g/mol. The van der Waals surface area contributed by atoms with Crippen LogP contribution in [0.1, 0.15) is 19.4 Å². The average molecular weight is 208 g/mol. The molecular formula is C12H13FO2. The van der Waals surface area contributed by atoms with Crippen molar-refractivity contribution in [1.82, 2.24) is 0 Å². The zero-order chi connectivity index (χ0) is 11.3. The molecule has 0 fully saturated rings. The predicted octanol–water partition coefficient (Wildman–Crippen LogP) is 1.96. The summed E-state index contributed by atoms with van der Waals surface area (Å²) in [5, 5.41) is 8.51. The highest BCUT2D eigenvalue weighted by molar-refractivity contribution is 5.40. The van der Waals surface area contributed by atoms with E-state index in [0.29, 0.717) is 11.3 Å². The lowest BCUT2D eigenvalue weighted by molar-refractivity contribution is 0.241. The maximum Gasteiger partial charge on any atom is 0.128 e. The lowest BCUT2D eigenvalue weighted by Crippen LogP contribution is -2.05. The van der Waals surface area contributed by atoms with Crippen LogP contribution in [0.4, 0.5) is 4.39 Å². The third kappa shape index (κ3) is 4.01. The van der Waals surface area contributed by atoms with Gasteiger partial charge < -0.3 is 9.84 Å². The van der Waals surface area contributed by atoms with Crippen molar-refractivity contribution in [1.29, 1.82) is 0 Å². The Kier molecular flexibility index (Phi) is 4.14. The molecule has 1 rings (SSSR count). The van der Waals surface area contributed by atoms with Crippen LogP contribution in [-0.2, 0) is 0 Å². The number of ether oxygens (including phenoxy) is 1. The van der Waals surface area contributed by atoms with E-state index >= 15 is 0 Å². The molecule has 0 aliphatic heterocycles. The SMILES string of the molecule is CC(C)Oc1cc(F)cc(C#CCO)c1. The smallest absolute Gasteiger partial charge is 0.128 e. The molecule has 0 saturated carbocycles. The highest BCUT2D eigenvalue weighted by Gasteiger charge is 2.01. The van der Waals surface area contributed by atoms with E-state index in [1.54, 1.807) is 6.07 Å². The molecule has 0 spiro atoms. The van der Waals surface area contributed by atoms with Crippen molar-refractivity contribution in [2.75, 3.05) is 6.61 Å². The van der Waals surface area contributed by atoms with E-state index in [-0.39, 0.29) is 12.7 Å². The maximum atomic E-state index is 13.1. The first-order valence-electron chi connectivity index (χ1n) is 4.69. The molecule has 3 heteroatoms. The number of halogens is 1. The fourth-order valence-electron chi connectivity index (χ4n) is 1.12. The van der Waals surface area contributed by atoms with Crippen molar-refractivity contribution in [3.05, 3.63) is 29.6 Å². The fourth-order valence-corrected chi connectivity index (χ4v) is 1.12. The molecule has 80 valence electrons. The Labute approximate surface area is 88.7 Å². The van der Waals surface area contributed by atoms with Crippen molar-refractivity contribution in [3.63, 3.8) is 0 Å². The molecule has 1 N–H and O–H groups in total. The summed E-state index contributed by atoms with van der Waals surface area (Å²) in [5.74, 6) is 5.14. The molecule has 0 heterocycles. The minimum Gasteiger partial charge on any atom is -0.491 e. The molecule has 0 atom stereocenters. The van der Waals surface area contributed by atoms with Gasteiger partial charge in [0, 0.05) is 11.6 Å². The summed E-state index contributed by atoms with van der Waals surface area (Å²) in [5.41, 5.74) is 0.500. The Morgan fingerprint density at radius 1 is 1.40 bits per heavy atom. The normalized spacial score (nSPS) is 9.67. The molecule has 0 radical (unpaired) electrons. The Balaban J connectivity index is 2.94. The molecule has 0 aromatic heterocycles. The van der Waals surface area contributed by atoms with E-state index in [4.69, 9.17) is 9.84 Å². The van der Waals surface area contributed by atoms with Crippen LogP contribution in [0.3, 0.4) is 0 Å². The minimum absolute atomic E-state index is 0.00884. The summed E-state index contributed by atoms with van der Waals surface area (Å²) in [6.45, 7) is 3.49. The van der Waals surface area contributed by atoms with Gasteiger partial charge in [0.1, 0.15) is 18.2 Å². The second-order valence-electron chi connectivity index (χ2n) is 3.30. The van der Waals surface area contributed by atoms with Crippen LogP contribution in [0, 0.1) is 17.7 Å². The van der Waals surface area contributed by atoms with Gasteiger partial charge in [0.2, 0.25) is 0 Å². The number of aliphatic hydroxyl groups is 1. The topological polar surface area (TPSA) is 29.5 Å². The number of rotatable bonds is 2. The third-order valence-corrected chi connectivity index (χ3v) is 1.55. The molecule has 15 heavy (non-hydrogen) atoms. The van der Waals surface area contributed by atoms with Gasteiger partial charge in [-0.05, 0) is 26.0 Å². The Bertz CT molecular complexity index is 388. The van der Waals surface area contributed by atoms with Crippen LogP contribution < -0.4 is 4.74 Å². The van der Waals surface area contributed by atoms with Gasteiger partial charge in [-0.25, -0.2) is 4.39 Å². The van der Waals surface area contributed by atoms with Gasteiger partial charge in [0.15, 0.2) is 0 Å². The van der Waals surface area contributed by atoms with Crippen LogP contribution in [0.2, 0.25) is 0 Å². The highest BCUT2D eigenvalue weighted by Crippen LogP contribution is 2.17. The van der Waals surface area contributed by atoms with Crippen LogP contribution in [-0.4, -0.2) is 17.8 Å². The standard InChI is InChI=1S/C12H13FO2/c1-9(2)15-12-7-10(4-3-5-14)6-11(13)8-12/h6-9,14H,5H2,1-2H3. The van der Waals surface area contributed by atoms with E-state index in [0.717, 1.165) is 0 Å². The zero-order valence-corrected chi connectivity index (χ0v) is 8.75. The van der Waals surface area contributed by atoms with Crippen LogP contribution >= 0.6 is 0 Å². The minimum atomic E-state index is -0.393. The first-order valence-corrected chi connectivity index (χ1v) is 4.69. The monoisotopic (exact) mass is 208 g/mol. The van der Waals surface area contributed by atoms with E-state index in [2.05, 4.69) is 11.8 Å². The van der Waals surface area contributed by atoms with Gasteiger partial charge in [0.05, 0.1) is 6.10 Å². The first-order chi connectivity index (χ1) is 7.11. The maximum absolute atomic E-state index is 13.1. The molecule has 0 saturated heterocycles. The van der Waals surface area contributed by atoms with E-state index < -0.39 is 5.82 Å². The van der Waals surface area contributed by atoms with Gasteiger partial charge >= 0.3 is 0 Å². The molecule has 1 aromatic rings. The summed E-state index contributed by atoms with van der Waals surface area (Å²) in [6, 6.07) is 4.26. The molecule has 0 amide bonds. The summed E-state index contributed by atoms with van der Waals surface area (Å²) in [7, 11) is 0. The van der Waals surface area contributed by atoms with Gasteiger partial charge in [-0.3, -0.25) is 0 Å². The van der Waals surface area contributed by atoms with Crippen molar-refractivity contribution < 1.29 is 14.2 Å². The number of hydrogen-bond acceptors (Lipinski definition) is 2. The van der Waals surface area contributed by atoms with Crippen LogP contribution in [0.15, 0.2) is 18.2 Å². The Morgan fingerprint density at radius 3 is 2.73 bits per heavy atom. The van der Waals surface area contributed by atoms with E-state index in [1.165, 1.54) is 12.1 Å². The predicted molar refractivity (Wildman–Crippen MR) is 56.1 cm³/mol. The number of benzene rings is 1. The summed E-state index contributed by atoms with van der Waals surface area (Å²) >= 11 is 0. The summed E-state index contributed by atoms with van der Waals surface area (Å²) in [4.78, 5) is 0. The molecule has 1 aromatic carbocycles. The largest absolute Gasteiger partial charge is 0.491 e. The van der Waals surface area contributed by atoms with Gasteiger partial charge in [-0.2, -0.15) is 0 Å². The van der Waals surface area contributed by atoms with Crippen LogP contribution in [0.5, 0.6) is 5.75 Å². The second kappa shape index (κ2) is 5.38. The second-order valence-corrected chi connectivity index (χ2v) is 3.30. The molecule has 0 aliphatic carbocycles. The van der Waals surface area contributed by atoms with Crippen molar-refractivity contribution in [2.45, 2.75) is 20.0 Å². The Morgan fingerprint density at radius 2 is 2.13 bits per heavy atom. The fraction of sp³-hybridized carbons (Fsp3) is 0.333. The number of hydrogen-bond donors (Lipinski definition) is 1. The Hall–Kier alpha value is -1.53. The van der Waals surface area contributed by atoms with Gasteiger partial charge in [0.25, 0.3) is 0 Å². The lowest BCUT2D eigenvalue weighted by Gasteiger charge is -2.09. The van der Waals surface area contributed by atoms with Crippen molar-refractivity contribution >= 4 is 0 Å². The molecule has 0 aliphatic rings. The third-order valence-electron chi connectivity index (χ3n) is 1.55. The average Bonchev–Trinajstić information content (AvgIpc) is 2.12. The summed E-state index contributed by atoms with van der Waals surface area (Å²) in [6.07, 6.45) is -0.00884. The lowest BCUT2D eigenvalue weighted by atomic mass is 10.2. The van der Waals surface area contributed by atoms with Crippen LogP contribution in [0.25, 0.3) is 0 Å². The zero-order valence-electron chi connectivity index (χ0n) is 8.75. The van der Waals surface area contributed by atoms with Crippen molar-refractivity contribution in [3.8, 4) is 17.6 Å². The molecule has 0 unspecified atom stereocenters. The molecule has 2 nitrogen and oxygen atoms in total. The van der Waals surface area contributed by atoms with Gasteiger partial charge in [-0.15, -0.1) is 0 Å². The van der Waals surface area contributed by atoms with Gasteiger partial charge in [-0.1, -0.05) is 11.8 Å². The van der Waals surface area contributed by atoms with E-state index in [9.17, 15) is 4.39 Å².